The normalized spacial score (nSPS) is 14.8. The number of rotatable bonds is 10. The van der Waals surface area contributed by atoms with E-state index in [1.165, 1.54) is 12.3 Å². The van der Waals surface area contributed by atoms with Gasteiger partial charge in [0.25, 0.3) is 11.8 Å². The number of hydrogen-bond donors (Lipinski definition) is 2. The molecule has 1 aromatic carbocycles. The zero-order valence-electron chi connectivity index (χ0n) is 20.4. The number of aromatic amines is 1. The lowest BCUT2D eigenvalue weighted by Gasteiger charge is -2.34. The van der Waals surface area contributed by atoms with Crippen molar-refractivity contribution in [1.82, 2.24) is 40.7 Å². The van der Waals surface area contributed by atoms with Gasteiger partial charge in [0, 0.05) is 57.4 Å². The molecule has 0 aliphatic carbocycles. The monoisotopic (exact) mass is 546 g/mol. The Morgan fingerprint density at radius 1 is 1.19 bits per heavy atom. The highest BCUT2D eigenvalue weighted by Gasteiger charge is 2.23. The van der Waals surface area contributed by atoms with Gasteiger partial charge in [-0.05, 0) is 40.6 Å². The largest absolute Gasteiger partial charge is 0.463 e. The summed E-state index contributed by atoms with van der Waals surface area (Å²) < 4.78 is 5.70. The number of ether oxygens (including phenoxy) is 1. The molecule has 3 aromatic rings. The van der Waals surface area contributed by atoms with Gasteiger partial charge in [-0.2, -0.15) is 0 Å². The number of pyridine rings is 1. The van der Waals surface area contributed by atoms with E-state index in [-0.39, 0.29) is 29.3 Å². The number of piperazine rings is 1. The van der Waals surface area contributed by atoms with Crippen LogP contribution in [0.15, 0.2) is 36.5 Å². The third-order valence-electron chi connectivity index (χ3n) is 6.05. The van der Waals surface area contributed by atoms with Crippen molar-refractivity contribution in [3.8, 4) is 5.88 Å². The minimum atomic E-state index is -0.771. The van der Waals surface area contributed by atoms with E-state index in [0.29, 0.717) is 30.1 Å². The number of hydrogen-bond acceptors (Lipinski definition) is 8. The van der Waals surface area contributed by atoms with Crippen molar-refractivity contribution in [2.45, 2.75) is 32.4 Å². The first-order chi connectivity index (χ1) is 17.9. The Kier molecular flexibility index (Phi) is 9.26. The van der Waals surface area contributed by atoms with Crippen molar-refractivity contribution >= 4 is 35.0 Å². The summed E-state index contributed by atoms with van der Waals surface area (Å²) >= 11 is 12.0. The van der Waals surface area contributed by atoms with Crippen LogP contribution >= 0.6 is 23.2 Å². The lowest BCUT2D eigenvalue weighted by molar-refractivity contribution is -0.128. The Balaban J connectivity index is 1.27. The smallest absolute Gasteiger partial charge is 0.261 e. The van der Waals surface area contributed by atoms with E-state index in [1.807, 2.05) is 30.0 Å². The highest BCUT2D eigenvalue weighted by atomic mass is 35.5. The van der Waals surface area contributed by atoms with Gasteiger partial charge in [0.15, 0.2) is 6.10 Å². The van der Waals surface area contributed by atoms with Gasteiger partial charge in [0.05, 0.1) is 5.02 Å². The minimum absolute atomic E-state index is 0.0227. The molecule has 4 rings (SSSR count). The van der Waals surface area contributed by atoms with Gasteiger partial charge in [0.2, 0.25) is 5.88 Å². The quantitative estimate of drug-likeness (QED) is 0.396. The van der Waals surface area contributed by atoms with Crippen molar-refractivity contribution in [1.29, 1.82) is 0 Å². The summed E-state index contributed by atoms with van der Waals surface area (Å²) in [5, 5.41) is 17.3. The molecule has 3 heterocycles. The third-order valence-corrected chi connectivity index (χ3v) is 6.52. The molecule has 0 unspecified atom stereocenters. The molecule has 0 radical (unpaired) electrons. The van der Waals surface area contributed by atoms with Gasteiger partial charge in [-0.25, -0.2) is 10.1 Å². The number of benzene rings is 1. The van der Waals surface area contributed by atoms with Crippen molar-refractivity contribution < 1.29 is 14.3 Å². The first-order valence-corrected chi connectivity index (χ1v) is 12.8. The van der Waals surface area contributed by atoms with Crippen molar-refractivity contribution in [3.63, 3.8) is 0 Å². The van der Waals surface area contributed by atoms with Crippen LogP contribution < -0.4 is 10.1 Å². The zero-order chi connectivity index (χ0) is 26.2. The summed E-state index contributed by atoms with van der Waals surface area (Å²) in [6, 6.07) is 8.80. The molecule has 0 spiro atoms. The van der Waals surface area contributed by atoms with Crippen molar-refractivity contribution in [2.75, 3.05) is 32.7 Å². The van der Waals surface area contributed by atoms with E-state index in [2.05, 4.69) is 35.8 Å². The van der Waals surface area contributed by atoms with E-state index in [0.717, 1.165) is 37.4 Å². The molecule has 1 aliphatic heterocycles. The summed E-state index contributed by atoms with van der Waals surface area (Å²) in [4.78, 5) is 34.0. The molecule has 1 atom stereocenters. The second-order valence-corrected chi connectivity index (χ2v) is 9.45. The molecule has 2 aromatic heterocycles. The molecule has 2 amide bonds. The Morgan fingerprint density at radius 3 is 2.70 bits per heavy atom. The van der Waals surface area contributed by atoms with Crippen LogP contribution in [0.4, 0.5) is 0 Å². The Labute approximate surface area is 224 Å². The highest BCUT2D eigenvalue weighted by Crippen LogP contribution is 2.26. The Bertz CT molecular complexity index is 1200. The number of carbonyl (C=O) groups is 2. The predicted octanol–water partition coefficient (Wildman–Crippen LogP) is 2.38. The molecule has 37 heavy (non-hydrogen) atoms. The number of tetrazole rings is 1. The summed E-state index contributed by atoms with van der Waals surface area (Å²) in [6.45, 7) is 5.78. The fraction of sp³-hybridized carbons (Fsp3) is 0.417. The van der Waals surface area contributed by atoms with Crippen LogP contribution in [0.1, 0.15) is 35.1 Å². The van der Waals surface area contributed by atoms with Gasteiger partial charge in [-0.15, -0.1) is 5.10 Å². The number of carbonyl (C=O) groups excluding carboxylic acids is 2. The topological polar surface area (TPSA) is 129 Å². The van der Waals surface area contributed by atoms with E-state index < -0.39 is 6.10 Å². The van der Waals surface area contributed by atoms with Gasteiger partial charge < -0.3 is 15.0 Å². The maximum absolute atomic E-state index is 13.1. The fourth-order valence-electron chi connectivity index (χ4n) is 3.97. The average Bonchev–Trinajstić information content (AvgIpc) is 3.44. The summed E-state index contributed by atoms with van der Waals surface area (Å²) in [7, 11) is 0. The van der Waals surface area contributed by atoms with Gasteiger partial charge >= 0.3 is 0 Å². The molecular weight excluding hydrogens is 519 g/mol. The second-order valence-electron chi connectivity index (χ2n) is 8.61. The molecular formula is C24H28Cl2N8O3. The van der Waals surface area contributed by atoms with Crippen LogP contribution in [0.2, 0.25) is 10.0 Å². The highest BCUT2D eigenvalue weighted by molar-refractivity contribution is 6.35. The number of nitrogens with zero attached hydrogens (tertiary/aromatic N) is 6. The third kappa shape index (κ3) is 7.37. The number of halogens is 2. The molecule has 196 valence electrons. The van der Waals surface area contributed by atoms with E-state index in [4.69, 9.17) is 27.9 Å². The maximum atomic E-state index is 13.1. The van der Waals surface area contributed by atoms with E-state index in [9.17, 15) is 9.59 Å². The van der Waals surface area contributed by atoms with Crippen LogP contribution in [0.25, 0.3) is 0 Å². The van der Waals surface area contributed by atoms with Gasteiger partial charge in [0.1, 0.15) is 10.8 Å². The summed E-state index contributed by atoms with van der Waals surface area (Å²) in [6.07, 6.45) is 1.80. The van der Waals surface area contributed by atoms with Crippen LogP contribution in [-0.2, 0) is 17.8 Å². The minimum Gasteiger partial charge on any atom is -0.463 e. The number of nitrogens with one attached hydrogen (secondary N) is 2. The number of aromatic nitrogens is 5. The lowest BCUT2D eigenvalue weighted by atomic mass is 10.1. The number of amides is 2. The average molecular weight is 547 g/mol. The Morgan fingerprint density at radius 2 is 2.00 bits per heavy atom. The first-order valence-electron chi connectivity index (χ1n) is 12.0. The van der Waals surface area contributed by atoms with Crippen LogP contribution in [0.5, 0.6) is 5.88 Å². The summed E-state index contributed by atoms with van der Waals surface area (Å²) in [5.41, 5.74) is 1.41. The van der Waals surface area contributed by atoms with Crippen LogP contribution in [-0.4, -0.2) is 86.1 Å². The van der Waals surface area contributed by atoms with E-state index in [1.54, 1.807) is 6.07 Å². The molecule has 1 fully saturated rings. The van der Waals surface area contributed by atoms with Crippen molar-refractivity contribution in [2.24, 2.45) is 0 Å². The van der Waals surface area contributed by atoms with Crippen LogP contribution in [0, 0.1) is 0 Å². The molecule has 0 saturated carbocycles. The number of H-pyrrole nitrogens is 1. The molecule has 2 N–H and O–H groups in total. The molecule has 0 bridgehead atoms. The maximum Gasteiger partial charge on any atom is 0.261 e. The predicted molar refractivity (Wildman–Crippen MR) is 137 cm³/mol. The van der Waals surface area contributed by atoms with Gasteiger partial charge in [-0.3, -0.25) is 14.5 Å². The van der Waals surface area contributed by atoms with E-state index >= 15 is 0 Å². The second kappa shape index (κ2) is 12.8. The van der Waals surface area contributed by atoms with Crippen molar-refractivity contribution in [3.05, 3.63) is 63.5 Å². The molecule has 1 saturated heterocycles. The first kappa shape index (κ1) is 26.8. The molecule has 13 heteroatoms. The van der Waals surface area contributed by atoms with Crippen LogP contribution in [0.3, 0.4) is 0 Å². The molecule has 11 nitrogen and oxygen atoms in total. The lowest BCUT2D eigenvalue weighted by Crippen LogP contribution is -2.49. The standard InChI is InChI=1S/C24H28Cl2N8O3/c1-2-20(37-23-19(26)13-18(25)15-28-23)22(35)27-14-16-4-3-5-17(12-16)24(36)34-10-8-33(9-11-34)7-6-21-29-31-32-30-21/h3-5,12-13,15,20H,2,6-11,14H2,1H3,(H,27,35)(H,29,30,31,32)/t20-/m1/s1. The zero-order valence-corrected chi connectivity index (χ0v) is 21.9. The molecule has 1 aliphatic rings. The Hall–Kier alpha value is -3.28. The fourth-order valence-corrected chi connectivity index (χ4v) is 4.39. The van der Waals surface area contributed by atoms with Gasteiger partial charge in [-0.1, -0.05) is 42.3 Å². The SMILES string of the molecule is CC[C@@H](Oc1ncc(Cl)cc1Cl)C(=O)NCc1cccc(C(=O)N2CCN(CCc3nnn[nH]3)CC2)c1. The summed E-state index contributed by atoms with van der Waals surface area (Å²) in [5.74, 6) is 0.579.